The molecule has 0 bridgehead atoms. The molecule has 0 radical (unpaired) electrons. The molecule has 0 atom stereocenters. The Morgan fingerprint density at radius 3 is 2.63 bits per heavy atom. The topological polar surface area (TPSA) is 68.4 Å². The van der Waals surface area contributed by atoms with Crippen molar-refractivity contribution in [2.24, 2.45) is 0 Å². The molecule has 1 aromatic heterocycles. The van der Waals surface area contributed by atoms with E-state index in [2.05, 4.69) is 15.2 Å². The van der Waals surface area contributed by atoms with E-state index in [4.69, 9.17) is 0 Å². The van der Waals surface area contributed by atoms with E-state index >= 15 is 0 Å². The number of likely N-dealkylation sites (tertiary alicyclic amines) is 1. The number of aromatic nitrogens is 1. The monoisotopic (exact) mass is 404 g/mol. The first-order valence-corrected chi connectivity index (χ1v) is 10.9. The highest BCUT2D eigenvalue weighted by Gasteiger charge is 2.31. The molecule has 2 N–H and O–H groups in total. The summed E-state index contributed by atoms with van der Waals surface area (Å²) in [7, 11) is 0. The zero-order valence-corrected chi connectivity index (χ0v) is 17.7. The number of benzene rings is 1. The van der Waals surface area contributed by atoms with Gasteiger partial charge in [0.1, 0.15) is 0 Å². The molecule has 30 heavy (non-hydrogen) atoms. The van der Waals surface area contributed by atoms with Crippen molar-refractivity contribution in [2.45, 2.75) is 33.1 Å². The molecule has 0 aliphatic carbocycles. The van der Waals surface area contributed by atoms with Gasteiger partial charge in [0.25, 0.3) is 11.8 Å². The van der Waals surface area contributed by atoms with Crippen molar-refractivity contribution in [1.82, 2.24) is 14.8 Å². The van der Waals surface area contributed by atoms with Gasteiger partial charge in [-0.3, -0.25) is 9.59 Å². The lowest BCUT2D eigenvalue weighted by Crippen LogP contribution is -2.42. The van der Waals surface area contributed by atoms with Crippen LogP contribution in [0.1, 0.15) is 51.3 Å². The first kappa shape index (κ1) is 19.1. The smallest absolute Gasteiger partial charge is 0.256 e. The Balaban J connectivity index is 1.43. The molecule has 5 rings (SSSR count). The van der Waals surface area contributed by atoms with E-state index in [1.807, 2.05) is 43.0 Å². The second-order valence-electron chi connectivity index (χ2n) is 8.62. The van der Waals surface area contributed by atoms with Gasteiger partial charge in [-0.1, -0.05) is 12.1 Å². The molecule has 6 nitrogen and oxygen atoms in total. The van der Waals surface area contributed by atoms with Crippen molar-refractivity contribution in [1.29, 1.82) is 0 Å². The number of nitrogens with zero attached hydrogens (tertiary/aromatic N) is 2. The number of fused-ring (bicyclic) bond motifs is 2. The molecule has 2 amide bonds. The van der Waals surface area contributed by atoms with Crippen LogP contribution in [0, 0.1) is 13.8 Å². The number of rotatable bonds is 4. The molecule has 1 aromatic carbocycles. The lowest BCUT2D eigenvalue weighted by atomic mass is 9.99. The van der Waals surface area contributed by atoms with Crippen LogP contribution in [0.2, 0.25) is 0 Å². The zero-order chi connectivity index (χ0) is 20.8. The Hall–Kier alpha value is -2.86. The summed E-state index contributed by atoms with van der Waals surface area (Å²) in [6.07, 6.45) is 5.27. The maximum Gasteiger partial charge on any atom is 0.256 e. The number of amides is 2. The van der Waals surface area contributed by atoms with Crippen LogP contribution in [0.15, 0.2) is 18.2 Å². The van der Waals surface area contributed by atoms with Gasteiger partial charge in [-0.25, -0.2) is 0 Å². The molecule has 1 saturated heterocycles. The molecule has 6 heteroatoms. The third kappa shape index (κ3) is 3.16. The fraction of sp³-hybridized carbons (Fsp3) is 0.417. The summed E-state index contributed by atoms with van der Waals surface area (Å²) in [6, 6.07) is 5.89. The maximum absolute atomic E-state index is 13.2. The second kappa shape index (κ2) is 7.43. The van der Waals surface area contributed by atoms with E-state index in [1.54, 1.807) is 0 Å². The summed E-state index contributed by atoms with van der Waals surface area (Å²) in [6.45, 7) is 8.79. The Kier molecular flexibility index (Phi) is 4.74. The van der Waals surface area contributed by atoms with Crippen molar-refractivity contribution in [3.63, 3.8) is 0 Å². The largest absolute Gasteiger partial charge is 0.358 e. The number of anilines is 1. The highest BCUT2D eigenvalue weighted by molar-refractivity contribution is 6.35. The normalized spacial score (nSPS) is 20.1. The minimum absolute atomic E-state index is 0.0927. The van der Waals surface area contributed by atoms with Crippen molar-refractivity contribution in [3.8, 4) is 0 Å². The standard InChI is InChI=1S/C24H28N4O2/c1-15-6-5-7-18-21(15)17(23(29)26-18)14-20-16(2)22-19(25-20)8-11-28(24(22)30)13-12-27-9-3-4-10-27/h5-7,14,25H,3-4,8-13H2,1-2H3,(H,26,29). The molecule has 3 aliphatic rings. The Labute approximate surface area is 176 Å². The SMILES string of the molecule is Cc1cccc2c1C(=Cc1[nH]c3c(c1C)C(=O)N(CCN1CCCC1)CC3)C(=O)N2. The van der Waals surface area contributed by atoms with Crippen molar-refractivity contribution in [2.75, 3.05) is 38.0 Å². The van der Waals surface area contributed by atoms with Gasteiger partial charge in [0.05, 0.1) is 11.1 Å². The summed E-state index contributed by atoms with van der Waals surface area (Å²) >= 11 is 0. The van der Waals surface area contributed by atoms with Gasteiger partial charge >= 0.3 is 0 Å². The van der Waals surface area contributed by atoms with Gasteiger partial charge < -0.3 is 20.1 Å². The molecule has 0 spiro atoms. The quantitative estimate of drug-likeness (QED) is 0.769. The third-order valence-electron chi connectivity index (χ3n) is 6.71. The molecule has 1 fully saturated rings. The van der Waals surface area contributed by atoms with Crippen LogP contribution in [-0.4, -0.2) is 59.3 Å². The zero-order valence-electron chi connectivity index (χ0n) is 17.7. The van der Waals surface area contributed by atoms with Crippen LogP contribution < -0.4 is 5.32 Å². The average Bonchev–Trinajstić information content (AvgIpc) is 3.42. The lowest BCUT2D eigenvalue weighted by Gasteiger charge is -2.29. The van der Waals surface area contributed by atoms with E-state index < -0.39 is 0 Å². The Bertz CT molecular complexity index is 1060. The van der Waals surface area contributed by atoms with E-state index in [0.717, 1.165) is 78.5 Å². The summed E-state index contributed by atoms with van der Waals surface area (Å²) in [5.74, 6) is 0.0196. The van der Waals surface area contributed by atoms with Gasteiger partial charge in [0.2, 0.25) is 0 Å². The minimum Gasteiger partial charge on any atom is -0.358 e. The van der Waals surface area contributed by atoms with Gasteiger partial charge in [-0.05, 0) is 63.0 Å². The number of carbonyl (C=O) groups excluding carboxylic acids is 2. The highest BCUT2D eigenvalue weighted by atomic mass is 16.2. The molecule has 0 saturated carbocycles. The van der Waals surface area contributed by atoms with Crippen LogP contribution >= 0.6 is 0 Å². The molecule has 2 aromatic rings. The number of H-pyrrole nitrogens is 1. The molecule has 4 heterocycles. The first-order valence-electron chi connectivity index (χ1n) is 10.9. The van der Waals surface area contributed by atoms with Gasteiger partial charge in [-0.15, -0.1) is 0 Å². The summed E-state index contributed by atoms with van der Waals surface area (Å²) < 4.78 is 0. The van der Waals surface area contributed by atoms with E-state index in [-0.39, 0.29) is 11.8 Å². The molecule has 156 valence electrons. The summed E-state index contributed by atoms with van der Waals surface area (Å²) in [5, 5.41) is 2.95. The van der Waals surface area contributed by atoms with E-state index in [1.165, 1.54) is 12.8 Å². The Morgan fingerprint density at radius 2 is 1.83 bits per heavy atom. The van der Waals surface area contributed by atoms with Crippen LogP contribution in [0.3, 0.4) is 0 Å². The maximum atomic E-state index is 13.2. The summed E-state index contributed by atoms with van der Waals surface area (Å²) in [5.41, 5.74) is 7.10. The molecular weight excluding hydrogens is 376 g/mol. The number of hydrogen-bond donors (Lipinski definition) is 2. The van der Waals surface area contributed by atoms with Crippen LogP contribution in [0.5, 0.6) is 0 Å². The van der Waals surface area contributed by atoms with Gasteiger partial charge in [-0.2, -0.15) is 0 Å². The van der Waals surface area contributed by atoms with Crippen molar-refractivity contribution < 1.29 is 9.59 Å². The predicted molar refractivity (Wildman–Crippen MR) is 118 cm³/mol. The second-order valence-corrected chi connectivity index (χ2v) is 8.62. The number of aromatic amines is 1. The molecule has 3 aliphatic heterocycles. The van der Waals surface area contributed by atoms with E-state index in [9.17, 15) is 9.59 Å². The number of carbonyl (C=O) groups is 2. The van der Waals surface area contributed by atoms with Crippen molar-refractivity contribution in [3.05, 3.63) is 51.8 Å². The summed E-state index contributed by atoms with van der Waals surface area (Å²) in [4.78, 5) is 33.7. The van der Waals surface area contributed by atoms with Gasteiger partial charge in [0.15, 0.2) is 0 Å². The average molecular weight is 405 g/mol. The van der Waals surface area contributed by atoms with Gasteiger partial charge in [0, 0.05) is 48.7 Å². The van der Waals surface area contributed by atoms with Crippen LogP contribution in [0.25, 0.3) is 11.6 Å². The van der Waals surface area contributed by atoms with E-state index in [0.29, 0.717) is 5.57 Å². The number of nitrogens with one attached hydrogen (secondary N) is 2. The fourth-order valence-corrected chi connectivity index (χ4v) is 5.00. The van der Waals surface area contributed by atoms with Crippen LogP contribution in [0.4, 0.5) is 5.69 Å². The molecule has 0 unspecified atom stereocenters. The van der Waals surface area contributed by atoms with Crippen LogP contribution in [-0.2, 0) is 11.2 Å². The number of hydrogen-bond acceptors (Lipinski definition) is 3. The number of aryl methyl sites for hydroxylation is 1. The Morgan fingerprint density at radius 1 is 1.03 bits per heavy atom. The third-order valence-corrected chi connectivity index (χ3v) is 6.71. The molecular formula is C24H28N4O2. The predicted octanol–water partition coefficient (Wildman–Crippen LogP) is 3.22. The first-order chi connectivity index (χ1) is 14.5. The fourth-order valence-electron chi connectivity index (χ4n) is 5.00. The minimum atomic E-state index is -0.0927. The van der Waals surface area contributed by atoms with Crippen molar-refractivity contribution >= 4 is 29.2 Å². The highest BCUT2D eigenvalue weighted by Crippen LogP contribution is 2.36. The lowest BCUT2D eigenvalue weighted by molar-refractivity contribution is -0.110.